The highest BCUT2D eigenvalue weighted by Crippen LogP contribution is 2.01. The van der Waals surface area contributed by atoms with Crippen molar-refractivity contribution in [3.05, 3.63) is 12.7 Å². The van der Waals surface area contributed by atoms with E-state index in [1.54, 1.807) is 0 Å². The number of ether oxygens (including phenoxy) is 1. The summed E-state index contributed by atoms with van der Waals surface area (Å²) in [5, 5.41) is 5.00. The molecule has 0 aliphatic carbocycles. The molecule has 0 saturated carbocycles. The maximum absolute atomic E-state index is 12.9. The highest BCUT2D eigenvalue weighted by molar-refractivity contribution is 5.94. The van der Waals surface area contributed by atoms with Crippen LogP contribution in [-0.4, -0.2) is 282 Å². The zero-order valence-electron chi connectivity index (χ0n) is 40.4. The first kappa shape index (κ1) is 59.8. The van der Waals surface area contributed by atoms with E-state index < -0.39 is 117 Å². The Morgan fingerprint density at radius 1 is 0.418 bits per heavy atom. The number of carbonyl (C=O) groups is 13. The van der Waals surface area contributed by atoms with Gasteiger partial charge in [0, 0.05) is 83.4 Å². The van der Waals surface area contributed by atoms with Crippen molar-refractivity contribution in [2.75, 3.05) is 156 Å². The molecule has 0 aliphatic rings. The van der Waals surface area contributed by atoms with Gasteiger partial charge in [-0.05, 0) is 12.8 Å². The molecular formula is C41H68N12O14. The standard InChI is InChI=1S/C41H68N12O14/c1-12-17-67-41(66)15-13-14-16-42-30(55)18-43-31(56)19-45(3)33(58)21-47(5)35(60)23-49(7)37(62)25-51(9)39(64)27-53(11)40(65)28-52(10)38(63)26-50(8)36(61)24-48(6)34(59)22-46(4)32(57)20-44(2)29-54/h12,29H,1,13-28H2,2-11H3,(H,42,55)(H,43,56). The van der Waals surface area contributed by atoms with Crippen LogP contribution in [0.1, 0.15) is 19.3 Å². The zero-order valence-corrected chi connectivity index (χ0v) is 40.4. The molecule has 0 heterocycles. The number of nitrogens with one attached hydrogen (secondary N) is 2. The van der Waals surface area contributed by atoms with Gasteiger partial charge in [-0.3, -0.25) is 62.3 Å². The highest BCUT2D eigenvalue weighted by atomic mass is 16.5. The van der Waals surface area contributed by atoms with Gasteiger partial charge in [-0.15, -0.1) is 0 Å². The van der Waals surface area contributed by atoms with Gasteiger partial charge in [0.2, 0.25) is 71.4 Å². The summed E-state index contributed by atoms with van der Waals surface area (Å²) in [7, 11) is 13.4. The molecule has 0 radical (unpaired) electrons. The van der Waals surface area contributed by atoms with E-state index in [1.807, 2.05) is 0 Å². The third kappa shape index (κ3) is 24.6. The van der Waals surface area contributed by atoms with Crippen molar-refractivity contribution < 1.29 is 67.1 Å². The van der Waals surface area contributed by atoms with Gasteiger partial charge in [0.1, 0.15) is 6.61 Å². The highest BCUT2D eigenvalue weighted by Gasteiger charge is 2.26. The molecule has 0 saturated heterocycles. The van der Waals surface area contributed by atoms with Gasteiger partial charge in [-0.2, -0.15) is 0 Å². The number of rotatable bonds is 30. The van der Waals surface area contributed by atoms with E-state index in [-0.39, 0.29) is 45.2 Å². The lowest BCUT2D eigenvalue weighted by Gasteiger charge is -2.27. The van der Waals surface area contributed by atoms with E-state index in [1.165, 1.54) is 76.6 Å². The van der Waals surface area contributed by atoms with Crippen LogP contribution in [0.25, 0.3) is 0 Å². The molecule has 0 aromatic heterocycles. The molecule has 376 valence electrons. The van der Waals surface area contributed by atoms with Gasteiger partial charge in [0.25, 0.3) is 0 Å². The van der Waals surface area contributed by atoms with Crippen molar-refractivity contribution in [1.29, 1.82) is 0 Å². The molecule has 2 N–H and O–H groups in total. The van der Waals surface area contributed by atoms with E-state index in [2.05, 4.69) is 17.2 Å². The van der Waals surface area contributed by atoms with Gasteiger partial charge in [-0.1, -0.05) is 12.7 Å². The van der Waals surface area contributed by atoms with E-state index in [9.17, 15) is 62.3 Å². The fourth-order valence-electron chi connectivity index (χ4n) is 5.11. The largest absolute Gasteiger partial charge is 0.461 e. The van der Waals surface area contributed by atoms with E-state index in [0.29, 0.717) is 19.3 Å². The van der Waals surface area contributed by atoms with Crippen LogP contribution in [-0.2, 0) is 67.1 Å². The summed E-state index contributed by atoms with van der Waals surface area (Å²) in [4.78, 5) is 172. The number of unbranched alkanes of at least 4 members (excludes halogenated alkanes) is 1. The third-order valence-corrected chi connectivity index (χ3v) is 9.69. The number of likely N-dealkylation sites (N-methyl/N-ethyl adjacent to an activating group) is 10. The Morgan fingerprint density at radius 2 is 0.716 bits per heavy atom. The van der Waals surface area contributed by atoms with Crippen LogP contribution in [0, 0.1) is 0 Å². The first-order valence-corrected chi connectivity index (χ1v) is 20.8. The van der Waals surface area contributed by atoms with Gasteiger partial charge in [0.05, 0.1) is 72.0 Å². The summed E-state index contributed by atoms with van der Waals surface area (Å²) in [5.41, 5.74) is 0. The number of carbonyl (C=O) groups excluding carboxylic acids is 13. The number of nitrogens with zero attached hydrogens (tertiary/aromatic N) is 10. The molecule has 0 spiro atoms. The molecule has 0 bridgehead atoms. The van der Waals surface area contributed by atoms with Crippen LogP contribution in [0.15, 0.2) is 12.7 Å². The predicted octanol–water partition coefficient (Wildman–Crippen LogP) is -5.67. The van der Waals surface area contributed by atoms with E-state index in [0.717, 1.165) is 49.0 Å². The second kappa shape index (κ2) is 30.9. The van der Waals surface area contributed by atoms with Crippen molar-refractivity contribution in [1.82, 2.24) is 59.6 Å². The zero-order chi connectivity index (χ0) is 51.6. The normalized spacial score (nSPS) is 10.2. The summed E-state index contributed by atoms with van der Waals surface area (Å²) in [5.74, 6) is -6.91. The van der Waals surface area contributed by atoms with Crippen molar-refractivity contribution in [2.24, 2.45) is 0 Å². The minimum absolute atomic E-state index is 0.126. The van der Waals surface area contributed by atoms with Gasteiger partial charge >= 0.3 is 5.97 Å². The first-order valence-electron chi connectivity index (χ1n) is 20.8. The molecule has 0 fully saturated rings. The fraction of sp³-hybridized carbons (Fsp3) is 0.634. The predicted molar refractivity (Wildman–Crippen MR) is 238 cm³/mol. The monoisotopic (exact) mass is 952 g/mol. The molecule has 12 amide bonds. The Labute approximate surface area is 391 Å². The Balaban J connectivity index is 4.75. The van der Waals surface area contributed by atoms with Crippen molar-refractivity contribution in [2.45, 2.75) is 19.3 Å². The van der Waals surface area contributed by atoms with Crippen molar-refractivity contribution in [3.8, 4) is 0 Å². The molecule has 0 aromatic carbocycles. The molecule has 26 nitrogen and oxygen atoms in total. The number of esters is 1. The van der Waals surface area contributed by atoms with Crippen molar-refractivity contribution in [3.63, 3.8) is 0 Å². The molecule has 0 aliphatic heterocycles. The molecule has 67 heavy (non-hydrogen) atoms. The average molecular weight is 953 g/mol. The average Bonchev–Trinajstić information content (AvgIpc) is 3.26. The quantitative estimate of drug-likeness (QED) is 0.0294. The van der Waals surface area contributed by atoms with Crippen LogP contribution < -0.4 is 10.6 Å². The SMILES string of the molecule is C=CCOC(=O)CCCCNC(=O)CNC(=O)CN(C)C(=O)CN(C)C(=O)CN(C)C(=O)CN(C)C(=O)CN(C)C(=O)CN(C)C(=O)CN(C)C(=O)CN(C)C(=O)CN(C)C(=O)CN(C)C=O. The summed E-state index contributed by atoms with van der Waals surface area (Å²) in [6.45, 7) is -0.637. The maximum Gasteiger partial charge on any atom is 0.306 e. The van der Waals surface area contributed by atoms with Gasteiger partial charge < -0.3 is 64.4 Å². The smallest absolute Gasteiger partial charge is 0.306 e. The van der Waals surface area contributed by atoms with Crippen LogP contribution in [0.5, 0.6) is 0 Å². The molecule has 0 rings (SSSR count). The Kier molecular flexibility index (Phi) is 27.6. The van der Waals surface area contributed by atoms with Crippen LogP contribution >= 0.6 is 0 Å². The van der Waals surface area contributed by atoms with E-state index in [4.69, 9.17) is 4.74 Å². The summed E-state index contributed by atoms with van der Waals surface area (Å²) in [6.07, 6.45) is 3.12. The maximum atomic E-state index is 12.9. The van der Waals surface area contributed by atoms with Crippen molar-refractivity contribution >= 4 is 77.4 Å². The number of hydrogen-bond acceptors (Lipinski definition) is 14. The number of amides is 12. The van der Waals surface area contributed by atoms with Gasteiger partial charge in [-0.25, -0.2) is 0 Å². The second-order valence-electron chi connectivity index (χ2n) is 15.8. The molecule has 0 unspecified atom stereocenters. The second-order valence-corrected chi connectivity index (χ2v) is 15.8. The lowest BCUT2D eigenvalue weighted by atomic mass is 10.2. The molecule has 0 atom stereocenters. The Morgan fingerprint density at radius 3 is 1.01 bits per heavy atom. The topological polar surface area (TPSA) is 288 Å². The minimum atomic E-state index is -0.642. The molecule has 26 heteroatoms. The summed E-state index contributed by atoms with van der Waals surface area (Å²) < 4.78 is 4.86. The lowest BCUT2D eigenvalue weighted by molar-refractivity contribution is -0.146. The lowest BCUT2D eigenvalue weighted by Crippen LogP contribution is -2.49. The molecule has 0 aromatic rings. The van der Waals surface area contributed by atoms with E-state index >= 15 is 0 Å². The Bertz CT molecular complexity index is 1810. The summed E-state index contributed by atoms with van der Waals surface area (Å²) in [6, 6.07) is 0. The van der Waals surface area contributed by atoms with Crippen LogP contribution in [0.4, 0.5) is 0 Å². The van der Waals surface area contributed by atoms with Crippen LogP contribution in [0.3, 0.4) is 0 Å². The third-order valence-electron chi connectivity index (χ3n) is 9.69. The summed E-state index contributed by atoms with van der Waals surface area (Å²) >= 11 is 0. The molecular weight excluding hydrogens is 885 g/mol. The van der Waals surface area contributed by atoms with Crippen LogP contribution in [0.2, 0.25) is 0 Å². The Hall–Kier alpha value is -7.15. The number of hydrogen-bond donors (Lipinski definition) is 2. The first-order chi connectivity index (χ1) is 31.2. The van der Waals surface area contributed by atoms with Gasteiger partial charge in [0.15, 0.2) is 0 Å². The fourth-order valence-corrected chi connectivity index (χ4v) is 5.11. The minimum Gasteiger partial charge on any atom is -0.461 e.